The van der Waals surface area contributed by atoms with Gasteiger partial charge in [-0.25, -0.2) is 4.79 Å². The van der Waals surface area contributed by atoms with Crippen LogP contribution in [0.25, 0.3) is 11.2 Å². The maximum Gasteiger partial charge on any atom is 0.333 e. The molecule has 0 radical (unpaired) electrons. The summed E-state index contributed by atoms with van der Waals surface area (Å²) in [6.45, 7) is 2.93. The van der Waals surface area contributed by atoms with E-state index in [4.69, 9.17) is 10.5 Å². The van der Waals surface area contributed by atoms with Gasteiger partial charge in [0.1, 0.15) is 12.6 Å². The molecule has 0 spiro atoms. The first kappa shape index (κ1) is 23.2. The van der Waals surface area contributed by atoms with Gasteiger partial charge in [-0.05, 0) is 31.9 Å². The van der Waals surface area contributed by atoms with Gasteiger partial charge in [-0.2, -0.15) is 10.2 Å². The van der Waals surface area contributed by atoms with E-state index in [0.29, 0.717) is 25.6 Å². The number of carbonyl (C=O) groups is 1. The summed E-state index contributed by atoms with van der Waals surface area (Å²) in [5.74, 6) is -0.132. The summed E-state index contributed by atoms with van der Waals surface area (Å²) in [7, 11) is 1.22. The number of methoxy groups -OCH3 is 1. The molecule has 2 N–H and O–H groups in total. The van der Waals surface area contributed by atoms with E-state index in [1.54, 1.807) is 16.7 Å². The number of hydrogen-bond acceptors (Lipinski definition) is 9. The Morgan fingerprint density at radius 2 is 2.12 bits per heavy atom. The van der Waals surface area contributed by atoms with Crippen LogP contribution in [0.1, 0.15) is 31.0 Å². The van der Waals surface area contributed by atoms with Gasteiger partial charge in [0.2, 0.25) is 5.95 Å². The normalized spacial score (nSPS) is 15.9. The van der Waals surface area contributed by atoms with Crippen LogP contribution in [0, 0.1) is 11.3 Å². The lowest BCUT2D eigenvalue weighted by molar-refractivity contribution is -0.141. The topological polar surface area (TPSA) is 154 Å². The smallest absolute Gasteiger partial charge is 0.333 e. The molecule has 3 aromatic rings. The van der Waals surface area contributed by atoms with E-state index in [9.17, 15) is 19.6 Å². The average molecular weight is 467 g/mol. The van der Waals surface area contributed by atoms with Gasteiger partial charge in [0.25, 0.3) is 5.56 Å². The number of ether oxygens (including phenoxy) is 1. The minimum absolute atomic E-state index is 0.0265. The van der Waals surface area contributed by atoms with Crippen LogP contribution in [0.5, 0.6) is 0 Å². The number of nitrogens with zero attached hydrogens (tertiary/aromatic N) is 7. The van der Waals surface area contributed by atoms with Crippen molar-refractivity contribution >= 4 is 23.1 Å². The summed E-state index contributed by atoms with van der Waals surface area (Å²) >= 11 is 0. The summed E-state index contributed by atoms with van der Waals surface area (Å²) < 4.78 is 8.63. The van der Waals surface area contributed by atoms with Crippen LogP contribution in [-0.2, 0) is 29.2 Å². The number of esters is 1. The number of aryl methyl sites for hydroxylation is 1. The zero-order valence-corrected chi connectivity index (χ0v) is 19.1. The molecular formula is C22H26N8O4. The standard InChI is InChI=1S/C22H26N8O4/c1-3-28-18-19(26-21(28)27-9-5-7-15(24)11-27)29(13-17(31)34-2)22(33)30(20(18)32)12-16-14(10-23)6-4-8-25-16/h4,6,8,15H,3,5,7,9,11-13,24H2,1-2H3. The first-order valence-electron chi connectivity index (χ1n) is 11.0. The summed E-state index contributed by atoms with van der Waals surface area (Å²) in [5.41, 5.74) is 5.67. The van der Waals surface area contributed by atoms with Crippen molar-refractivity contribution in [2.24, 2.45) is 5.73 Å². The van der Waals surface area contributed by atoms with Crippen LogP contribution in [0.2, 0.25) is 0 Å². The third kappa shape index (κ3) is 4.06. The lowest BCUT2D eigenvalue weighted by Gasteiger charge is -2.31. The Hall–Kier alpha value is -3.98. The van der Waals surface area contributed by atoms with Gasteiger partial charge in [-0.15, -0.1) is 0 Å². The lowest BCUT2D eigenvalue weighted by atomic mass is 10.1. The fourth-order valence-electron chi connectivity index (χ4n) is 4.30. The van der Waals surface area contributed by atoms with E-state index in [2.05, 4.69) is 9.97 Å². The van der Waals surface area contributed by atoms with Crippen molar-refractivity contribution in [1.82, 2.24) is 23.7 Å². The van der Waals surface area contributed by atoms with E-state index < -0.39 is 23.8 Å². The fraction of sp³-hybridized carbons (Fsp3) is 0.455. The molecule has 0 aromatic carbocycles. The number of piperidine rings is 1. The van der Waals surface area contributed by atoms with E-state index in [0.717, 1.165) is 22.0 Å². The van der Waals surface area contributed by atoms with Crippen LogP contribution in [0.15, 0.2) is 27.9 Å². The molecule has 4 rings (SSSR count). The molecule has 0 bridgehead atoms. The number of fused-ring (bicyclic) bond motifs is 1. The monoisotopic (exact) mass is 466 g/mol. The Bertz CT molecular complexity index is 1400. The van der Waals surface area contributed by atoms with Crippen molar-refractivity contribution in [3.05, 3.63) is 50.4 Å². The molecule has 34 heavy (non-hydrogen) atoms. The number of nitrogens with two attached hydrogens (primary N) is 1. The molecule has 0 amide bonds. The highest BCUT2D eigenvalue weighted by Gasteiger charge is 2.27. The molecule has 1 aliphatic heterocycles. The van der Waals surface area contributed by atoms with Crippen molar-refractivity contribution in [3.63, 3.8) is 0 Å². The molecule has 4 heterocycles. The largest absolute Gasteiger partial charge is 0.468 e. The van der Waals surface area contributed by atoms with Gasteiger partial charge >= 0.3 is 11.7 Å². The number of pyridine rings is 1. The number of rotatable bonds is 6. The Labute approximate surface area is 194 Å². The number of anilines is 1. The van der Waals surface area contributed by atoms with Gasteiger partial charge in [-0.1, -0.05) is 0 Å². The number of imidazole rings is 1. The predicted molar refractivity (Wildman–Crippen MR) is 123 cm³/mol. The van der Waals surface area contributed by atoms with Crippen LogP contribution in [-0.4, -0.2) is 55.9 Å². The molecule has 0 aliphatic carbocycles. The van der Waals surface area contributed by atoms with Gasteiger partial charge in [0.05, 0.1) is 24.9 Å². The lowest BCUT2D eigenvalue weighted by Crippen LogP contribution is -2.44. The molecule has 1 unspecified atom stereocenters. The van der Waals surface area contributed by atoms with Crippen LogP contribution < -0.4 is 21.9 Å². The Morgan fingerprint density at radius 3 is 2.79 bits per heavy atom. The second kappa shape index (κ2) is 9.48. The number of nitriles is 1. The Kier molecular flexibility index (Phi) is 6.47. The SMILES string of the molecule is CCn1c(N2CCCC(N)C2)nc2c1c(=O)n(Cc1ncccc1C#N)c(=O)n2CC(=O)OC. The molecule has 1 saturated heterocycles. The molecule has 3 aromatic heterocycles. The third-order valence-electron chi connectivity index (χ3n) is 5.98. The quantitative estimate of drug-likeness (QED) is 0.486. The van der Waals surface area contributed by atoms with Crippen LogP contribution >= 0.6 is 0 Å². The van der Waals surface area contributed by atoms with E-state index >= 15 is 0 Å². The summed E-state index contributed by atoms with van der Waals surface area (Å²) in [4.78, 5) is 50.0. The molecular weight excluding hydrogens is 440 g/mol. The molecule has 1 aliphatic rings. The summed E-state index contributed by atoms with van der Waals surface area (Å²) in [5, 5.41) is 9.41. The summed E-state index contributed by atoms with van der Waals surface area (Å²) in [6.07, 6.45) is 3.26. The number of hydrogen-bond donors (Lipinski definition) is 1. The van der Waals surface area contributed by atoms with Gasteiger partial charge in [0.15, 0.2) is 11.2 Å². The van der Waals surface area contributed by atoms with Crippen molar-refractivity contribution < 1.29 is 9.53 Å². The first-order chi connectivity index (χ1) is 16.4. The molecule has 178 valence electrons. The van der Waals surface area contributed by atoms with E-state index in [1.165, 1.54) is 13.3 Å². The maximum atomic E-state index is 13.6. The van der Waals surface area contributed by atoms with Crippen molar-refractivity contribution in [2.75, 3.05) is 25.1 Å². The number of aromatic nitrogens is 5. The second-order valence-electron chi connectivity index (χ2n) is 8.12. The highest BCUT2D eigenvalue weighted by atomic mass is 16.5. The minimum atomic E-state index is -0.736. The molecule has 12 heteroatoms. The van der Waals surface area contributed by atoms with Crippen LogP contribution in [0.4, 0.5) is 5.95 Å². The van der Waals surface area contributed by atoms with Gasteiger partial charge in [-0.3, -0.25) is 23.7 Å². The average Bonchev–Trinajstić information content (AvgIpc) is 3.24. The molecule has 0 saturated carbocycles. The van der Waals surface area contributed by atoms with Crippen molar-refractivity contribution in [2.45, 2.75) is 45.4 Å². The Balaban J connectivity index is 1.98. The van der Waals surface area contributed by atoms with Crippen LogP contribution in [0.3, 0.4) is 0 Å². The fourth-order valence-corrected chi connectivity index (χ4v) is 4.30. The van der Waals surface area contributed by atoms with Crippen molar-refractivity contribution in [1.29, 1.82) is 5.26 Å². The van der Waals surface area contributed by atoms with Gasteiger partial charge in [0, 0.05) is 31.9 Å². The van der Waals surface area contributed by atoms with E-state index in [-0.39, 0.29) is 35.0 Å². The molecule has 12 nitrogen and oxygen atoms in total. The predicted octanol–water partition coefficient (Wildman–Crippen LogP) is -0.205. The maximum absolute atomic E-state index is 13.6. The zero-order valence-electron chi connectivity index (χ0n) is 19.1. The molecule has 1 fully saturated rings. The Morgan fingerprint density at radius 1 is 1.32 bits per heavy atom. The minimum Gasteiger partial charge on any atom is -0.468 e. The second-order valence-corrected chi connectivity index (χ2v) is 8.12. The molecule has 1 atom stereocenters. The zero-order chi connectivity index (χ0) is 24.4. The van der Waals surface area contributed by atoms with Crippen molar-refractivity contribution in [3.8, 4) is 6.07 Å². The highest BCUT2D eigenvalue weighted by molar-refractivity contribution is 5.77. The van der Waals surface area contributed by atoms with E-state index in [1.807, 2.05) is 17.9 Å². The highest BCUT2D eigenvalue weighted by Crippen LogP contribution is 2.23. The van der Waals surface area contributed by atoms with Gasteiger partial charge < -0.3 is 19.9 Å². The third-order valence-corrected chi connectivity index (χ3v) is 5.98. The number of carbonyl (C=O) groups excluding carboxylic acids is 1. The summed E-state index contributed by atoms with van der Waals surface area (Å²) in [6, 6.07) is 5.16. The first-order valence-corrected chi connectivity index (χ1v) is 11.0.